The fraction of sp³-hybridized carbons (Fsp3) is 0.895. The first-order valence-corrected chi connectivity index (χ1v) is 9.83. The largest absolute Gasteiger partial charge is 0.465 e. The summed E-state index contributed by atoms with van der Waals surface area (Å²) >= 11 is 0. The molecule has 0 spiro atoms. The fourth-order valence-corrected chi connectivity index (χ4v) is 4.18. The summed E-state index contributed by atoms with van der Waals surface area (Å²) in [5, 5.41) is 0. The molecule has 0 aromatic rings. The minimum absolute atomic E-state index is 0.0201. The van der Waals surface area contributed by atoms with Gasteiger partial charge in [-0.3, -0.25) is 9.59 Å². The highest BCUT2D eigenvalue weighted by atomic mass is 16.6. The van der Waals surface area contributed by atoms with Crippen LogP contribution in [-0.4, -0.2) is 49.1 Å². The second kappa shape index (κ2) is 7.62. The Kier molecular flexibility index (Phi) is 5.27. The lowest BCUT2D eigenvalue weighted by atomic mass is 9.90. The Bertz CT molecular complexity index is 506. The predicted molar refractivity (Wildman–Crippen MR) is 87.8 cm³/mol. The molecule has 4 aliphatic rings. The van der Waals surface area contributed by atoms with Gasteiger partial charge in [0, 0.05) is 19.3 Å². The van der Waals surface area contributed by atoms with E-state index in [2.05, 4.69) is 0 Å². The maximum Gasteiger partial charge on any atom is 0.306 e. The van der Waals surface area contributed by atoms with Gasteiger partial charge in [-0.25, -0.2) is 0 Å². The Morgan fingerprint density at radius 3 is 2.20 bits per heavy atom. The SMILES string of the molecule is O=C(CCCCC(=O)OC1CCC2OC2C1)OCC1CCC2OC2C1. The van der Waals surface area contributed by atoms with Gasteiger partial charge >= 0.3 is 11.9 Å². The number of unbranched alkanes of at least 4 members (excludes halogenated alkanes) is 1. The number of hydrogen-bond acceptors (Lipinski definition) is 6. The Hall–Kier alpha value is -1.14. The van der Waals surface area contributed by atoms with Crippen molar-refractivity contribution in [3.63, 3.8) is 0 Å². The van der Waals surface area contributed by atoms with E-state index in [1.165, 1.54) is 0 Å². The highest BCUT2D eigenvalue weighted by Gasteiger charge is 2.45. The lowest BCUT2D eigenvalue weighted by molar-refractivity contribution is -0.151. The number of carbonyl (C=O) groups excluding carboxylic acids is 2. The van der Waals surface area contributed by atoms with Crippen molar-refractivity contribution < 1.29 is 28.5 Å². The molecule has 6 heteroatoms. The van der Waals surface area contributed by atoms with Crippen molar-refractivity contribution in [2.75, 3.05) is 6.61 Å². The van der Waals surface area contributed by atoms with Crippen molar-refractivity contribution in [1.29, 1.82) is 0 Å². The van der Waals surface area contributed by atoms with E-state index >= 15 is 0 Å². The van der Waals surface area contributed by atoms with Gasteiger partial charge in [-0.1, -0.05) is 0 Å². The summed E-state index contributed by atoms with van der Waals surface area (Å²) in [6.07, 6.45) is 9.74. The molecule has 2 saturated carbocycles. The predicted octanol–water partition coefficient (Wildman–Crippen LogP) is 2.52. The smallest absolute Gasteiger partial charge is 0.306 e. The molecule has 2 aliphatic heterocycles. The second-order valence-corrected chi connectivity index (χ2v) is 7.92. The summed E-state index contributed by atoms with van der Waals surface area (Å²) in [6.45, 7) is 0.513. The molecule has 6 atom stereocenters. The molecule has 6 unspecified atom stereocenters. The van der Waals surface area contributed by atoms with Crippen molar-refractivity contribution in [2.24, 2.45) is 5.92 Å². The van der Waals surface area contributed by atoms with Crippen LogP contribution in [0.25, 0.3) is 0 Å². The first-order valence-electron chi connectivity index (χ1n) is 9.83. The van der Waals surface area contributed by atoms with Gasteiger partial charge in [-0.15, -0.1) is 0 Å². The van der Waals surface area contributed by atoms with E-state index in [4.69, 9.17) is 18.9 Å². The van der Waals surface area contributed by atoms with Gasteiger partial charge < -0.3 is 18.9 Å². The molecule has 0 bridgehead atoms. The molecule has 0 radical (unpaired) electrons. The molecular weight excluding hydrogens is 324 g/mol. The van der Waals surface area contributed by atoms with Gasteiger partial charge in [-0.2, -0.15) is 0 Å². The Morgan fingerprint density at radius 1 is 0.800 bits per heavy atom. The van der Waals surface area contributed by atoms with Crippen LogP contribution < -0.4 is 0 Å². The summed E-state index contributed by atoms with van der Waals surface area (Å²) in [5.74, 6) is 0.142. The van der Waals surface area contributed by atoms with Crippen LogP contribution in [0.15, 0.2) is 0 Å². The normalized spacial score (nSPS) is 38.2. The quantitative estimate of drug-likeness (QED) is 0.379. The van der Waals surface area contributed by atoms with Gasteiger partial charge in [0.05, 0.1) is 31.0 Å². The van der Waals surface area contributed by atoms with Gasteiger partial charge in [0.15, 0.2) is 0 Å². The molecule has 0 aromatic heterocycles. The van der Waals surface area contributed by atoms with Crippen LogP contribution in [0.5, 0.6) is 0 Å². The Labute approximate surface area is 148 Å². The molecule has 2 heterocycles. The number of epoxide rings is 2. The summed E-state index contributed by atoms with van der Waals surface area (Å²) in [7, 11) is 0. The summed E-state index contributed by atoms with van der Waals surface area (Å²) < 4.78 is 21.8. The third kappa shape index (κ3) is 4.94. The monoisotopic (exact) mass is 352 g/mol. The summed E-state index contributed by atoms with van der Waals surface area (Å²) in [5.41, 5.74) is 0. The topological polar surface area (TPSA) is 77.7 Å². The van der Waals surface area contributed by atoms with Crippen LogP contribution in [0.4, 0.5) is 0 Å². The second-order valence-electron chi connectivity index (χ2n) is 7.92. The van der Waals surface area contributed by atoms with E-state index in [1.807, 2.05) is 0 Å². The lowest BCUT2D eigenvalue weighted by Crippen LogP contribution is -2.24. The average molecular weight is 352 g/mol. The fourth-order valence-electron chi connectivity index (χ4n) is 4.18. The molecule has 0 amide bonds. The first kappa shape index (κ1) is 17.3. The zero-order valence-electron chi connectivity index (χ0n) is 14.7. The van der Waals surface area contributed by atoms with Crippen LogP contribution in [0, 0.1) is 5.92 Å². The van der Waals surface area contributed by atoms with E-state index < -0.39 is 0 Å². The molecule has 0 aromatic carbocycles. The van der Waals surface area contributed by atoms with E-state index in [-0.39, 0.29) is 18.0 Å². The lowest BCUT2D eigenvalue weighted by Gasteiger charge is -2.19. The number of fused-ring (bicyclic) bond motifs is 2. The minimum Gasteiger partial charge on any atom is -0.465 e. The number of carbonyl (C=O) groups is 2. The number of hydrogen-bond donors (Lipinski definition) is 0. The number of ether oxygens (including phenoxy) is 4. The summed E-state index contributed by atoms with van der Waals surface area (Å²) in [4.78, 5) is 23.6. The van der Waals surface area contributed by atoms with Gasteiger partial charge in [-0.05, 0) is 50.9 Å². The van der Waals surface area contributed by atoms with Crippen LogP contribution in [0.3, 0.4) is 0 Å². The van der Waals surface area contributed by atoms with Crippen LogP contribution in [0.1, 0.15) is 64.2 Å². The molecule has 140 valence electrons. The molecule has 4 rings (SSSR count). The highest BCUT2D eigenvalue weighted by Crippen LogP contribution is 2.39. The third-order valence-electron chi connectivity index (χ3n) is 5.86. The van der Waals surface area contributed by atoms with Crippen LogP contribution in [-0.2, 0) is 28.5 Å². The standard InChI is InChI=1S/C19H28O6/c20-18(22-11-12-5-7-14-16(9-12)24-14)3-1-2-4-19(21)23-13-6-8-15-17(10-13)25-15/h12-17H,1-11H2. The zero-order chi connectivity index (χ0) is 17.2. The maximum absolute atomic E-state index is 11.9. The van der Waals surface area contributed by atoms with Gasteiger partial charge in [0.1, 0.15) is 6.10 Å². The highest BCUT2D eigenvalue weighted by molar-refractivity contribution is 5.70. The maximum atomic E-state index is 11.9. The number of esters is 2. The van der Waals surface area contributed by atoms with Crippen molar-refractivity contribution >= 4 is 11.9 Å². The molecule has 4 fully saturated rings. The molecular formula is C19H28O6. The Morgan fingerprint density at radius 2 is 1.48 bits per heavy atom. The van der Waals surface area contributed by atoms with E-state index in [1.54, 1.807) is 0 Å². The van der Waals surface area contributed by atoms with Crippen LogP contribution >= 0.6 is 0 Å². The minimum atomic E-state index is -0.156. The molecule has 2 aliphatic carbocycles. The molecule has 2 saturated heterocycles. The average Bonchev–Trinajstić information content (AvgIpc) is 3.50. The van der Waals surface area contributed by atoms with Crippen LogP contribution in [0.2, 0.25) is 0 Å². The van der Waals surface area contributed by atoms with E-state index in [0.717, 1.165) is 38.5 Å². The molecule has 0 N–H and O–H groups in total. The zero-order valence-corrected chi connectivity index (χ0v) is 14.7. The number of rotatable bonds is 8. The van der Waals surface area contributed by atoms with Crippen molar-refractivity contribution in [3.8, 4) is 0 Å². The van der Waals surface area contributed by atoms with Crippen molar-refractivity contribution in [1.82, 2.24) is 0 Å². The third-order valence-corrected chi connectivity index (χ3v) is 5.86. The van der Waals surface area contributed by atoms with Gasteiger partial charge in [0.2, 0.25) is 0 Å². The van der Waals surface area contributed by atoms with Crippen molar-refractivity contribution in [3.05, 3.63) is 0 Å². The van der Waals surface area contributed by atoms with E-state index in [9.17, 15) is 9.59 Å². The van der Waals surface area contributed by atoms with Gasteiger partial charge in [0.25, 0.3) is 0 Å². The Balaban J connectivity index is 1.02. The summed E-state index contributed by atoms with van der Waals surface area (Å²) in [6, 6.07) is 0. The first-order chi connectivity index (χ1) is 12.2. The van der Waals surface area contributed by atoms with E-state index in [0.29, 0.717) is 62.6 Å². The molecule has 6 nitrogen and oxygen atoms in total. The van der Waals surface area contributed by atoms with Crippen molar-refractivity contribution in [2.45, 2.75) is 94.7 Å². The molecule has 25 heavy (non-hydrogen) atoms.